The van der Waals surface area contributed by atoms with Crippen LogP contribution in [-0.4, -0.2) is 48.1 Å². The lowest BCUT2D eigenvalue weighted by atomic mass is 9.84. The van der Waals surface area contributed by atoms with E-state index in [1.165, 1.54) is 37.8 Å². The van der Waals surface area contributed by atoms with Crippen molar-refractivity contribution in [3.05, 3.63) is 24.0 Å². The Kier molecular flexibility index (Phi) is 6.16. The van der Waals surface area contributed by atoms with Crippen LogP contribution in [0.1, 0.15) is 51.1 Å². The molecule has 2 aliphatic rings. The molecular formula is C20H32N4O. The average Bonchev–Trinajstić information content (AvgIpc) is 2.88. The molecule has 1 saturated heterocycles. The number of nitrogens with one attached hydrogen (secondary N) is 1. The summed E-state index contributed by atoms with van der Waals surface area (Å²) >= 11 is 0. The van der Waals surface area contributed by atoms with Crippen LogP contribution in [0, 0.1) is 12.8 Å². The molecule has 5 nitrogen and oxygen atoms in total. The van der Waals surface area contributed by atoms with E-state index < -0.39 is 0 Å². The lowest BCUT2D eigenvalue weighted by Crippen LogP contribution is -2.47. The van der Waals surface area contributed by atoms with Gasteiger partial charge >= 0.3 is 6.03 Å². The highest BCUT2D eigenvalue weighted by Crippen LogP contribution is 2.26. The first-order chi connectivity index (χ1) is 12.1. The van der Waals surface area contributed by atoms with Gasteiger partial charge in [-0.05, 0) is 51.2 Å². The van der Waals surface area contributed by atoms with Crippen molar-refractivity contribution >= 4 is 11.7 Å². The number of nitrogens with zero attached hydrogens (tertiary/aromatic N) is 3. The van der Waals surface area contributed by atoms with Gasteiger partial charge in [-0.15, -0.1) is 0 Å². The van der Waals surface area contributed by atoms with E-state index in [4.69, 9.17) is 0 Å². The Hall–Kier alpha value is -1.78. The summed E-state index contributed by atoms with van der Waals surface area (Å²) in [6.45, 7) is 7.69. The maximum atomic E-state index is 12.7. The highest BCUT2D eigenvalue weighted by molar-refractivity contribution is 5.74. The Morgan fingerprint density at radius 2 is 1.96 bits per heavy atom. The van der Waals surface area contributed by atoms with Crippen molar-refractivity contribution in [2.45, 2.75) is 58.4 Å². The second-order valence-electron chi connectivity index (χ2n) is 7.62. The molecule has 0 bridgehead atoms. The van der Waals surface area contributed by atoms with Gasteiger partial charge in [-0.2, -0.15) is 0 Å². The van der Waals surface area contributed by atoms with E-state index >= 15 is 0 Å². The van der Waals surface area contributed by atoms with E-state index in [-0.39, 0.29) is 12.1 Å². The third kappa shape index (κ3) is 4.86. The number of urea groups is 1. The van der Waals surface area contributed by atoms with E-state index in [1.54, 1.807) is 0 Å². The van der Waals surface area contributed by atoms with Gasteiger partial charge in [0.05, 0.1) is 0 Å². The molecule has 0 radical (unpaired) electrons. The van der Waals surface area contributed by atoms with Crippen LogP contribution >= 0.6 is 0 Å². The Morgan fingerprint density at radius 1 is 1.16 bits per heavy atom. The van der Waals surface area contributed by atoms with E-state index in [9.17, 15) is 4.79 Å². The Bertz CT molecular complexity index is 571. The van der Waals surface area contributed by atoms with E-state index in [2.05, 4.69) is 34.3 Å². The highest BCUT2D eigenvalue weighted by atomic mass is 16.2. The third-order valence-electron chi connectivity index (χ3n) is 5.74. The number of aryl methyl sites for hydroxylation is 1. The standard InChI is InChI=1S/C20H32N4O/c1-16-15-19(9-10-21-16)23-11-6-12-24(14-13-23)20(25)22-17(2)18-7-4-3-5-8-18/h9-10,15,17-18H,3-8,11-14H2,1-2H3,(H,22,25)/t17-/m1/s1. The van der Waals surface area contributed by atoms with Crippen LogP contribution in [0.3, 0.4) is 0 Å². The van der Waals surface area contributed by atoms with Crippen LogP contribution in [0.2, 0.25) is 0 Å². The molecule has 1 N–H and O–H groups in total. The Labute approximate surface area is 151 Å². The number of anilines is 1. The topological polar surface area (TPSA) is 48.5 Å². The normalized spacial score (nSPS) is 20.9. The minimum Gasteiger partial charge on any atom is -0.370 e. The first-order valence-corrected chi connectivity index (χ1v) is 9.86. The second-order valence-corrected chi connectivity index (χ2v) is 7.62. The molecule has 1 atom stereocenters. The Morgan fingerprint density at radius 3 is 2.72 bits per heavy atom. The number of pyridine rings is 1. The number of rotatable bonds is 3. The number of carbonyl (C=O) groups is 1. The van der Waals surface area contributed by atoms with Crippen molar-refractivity contribution in [3.8, 4) is 0 Å². The molecule has 2 fully saturated rings. The minimum absolute atomic E-state index is 0.117. The molecule has 1 aromatic heterocycles. The molecule has 138 valence electrons. The van der Waals surface area contributed by atoms with Crippen LogP contribution in [0.4, 0.5) is 10.5 Å². The van der Waals surface area contributed by atoms with Gasteiger partial charge in [0.1, 0.15) is 0 Å². The van der Waals surface area contributed by atoms with Crippen LogP contribution in [0.25, 0.3) is 0 Å². The minimum atomic E-state index is 0.117. The maximum Gasteiger partial charge on any atom is 0.317 e. The predicted octanol–water partition coefficient (Wildman–Crippen LogP) is 3.58. The number of hydrogen-bond donors (Lipinski definition) is 1. The maximum absolute atomic E-state index is 12.7. The number of amides is 2. The van der Waals surface area contributed by atoms with Crippen molar-refractivity contribution in [3.63, 3.8) is 0 Å². The van der Waals surface area contributed by atoms with Gasteiger partial charge in [-0.1, -0.05) is 19.3 Å². The van der Waals surface area contributed by atoms with Crippen molar-refractivity contribution in [1.82, 2.24) is 15.2 Å². The first kappa shape index (κ1) is 18.0. The molecule has 1 saturated carbocycles. The molecule has 2 amide bonds. The first-order valence-electron chi connectivity index (χ1n) is 9.86. The number of hydrogen-bond acceptors (Lipinski definition) is 3. The van der Waals surface area contributed by atoms with Gasteiger partial charge in [0.2, 0.25) is 0 Å². The van der Waals surface area contributed by atoms with Crippen LogP contribution < -0.4 is 10.2 Å². The van der Waals surface area contributed by atoms with E-state index in [1.807, 2.05) is 18.0 Å². The fraction of sp³-hybridized carbons (Fsp3) is 0.700. The smallest absolute Gasteiger partial charge is 0.317 e. The molecule has 2 heterocycles. The fourth-order valence-corrected chi connectivity index (χ4v) is 4.14. The second kappa shape index (κ2) is 8.54. The number of aromatic nitrogens is 1. The predicted molar refractivity (Wildman–Crippen MR) is 102 cm³/mol. The zero-order valence-electron chi connectivity index (χ0n) is 15.7. The van der Waals surface area contributed by atoms with Crippen LogP contribution in [0.15, 0.2) is 18.3 Å². The average molecular weight is 345 g/mol. The quantitative estimate of drug-likeness (QED) is 0.912. The summed E-state index contributed by atoms with van der Waals surface area (Å²) in [5.41, 5.74) is 2.25. The molecule has 0 aromatic carbocycles. The molecule has 0 unspecified atom stereocenters. The van der Waals surface area contributed by atoms with Crippen molar-refractivity contribution < 1.29 is 4.79 Å². The van der Waals surface area contributed by atoms with E-state index in [0.717, 1.165) is 38.3 Å². The molecule has 0 spiro atoms. The lowest BCUT2D eigenvalue weighted by Gasteiger charge is -2.30. The summed E-state index contributed by atoms with van der Waals surface area (Å²) in [7, 11) is 0. The highest BCUT2D eigenvalue weighted by Gasteiger charge is 2.25. The summed E-state index contributed by atoms with van der Waals surface area (Å²) < 4.78 is 0. The van der Waals surface area contributed by atoms with Crippen molar-refractivity contribution in [2.24, 2.45) is 5.92 Å². The molecule has 3 rings (SSSR count). The van der Waals surface area contributed by atoms with Crippen molar-refractivity contribution in [2.75, 3.05) is 31.1 Å². The van der Waals surface area contributed by atoms with Gasteiger partial charge in [-0.3, -0.25) is 4.98 Å². The van der Waals surface area contributed by atoms with Crippen LogP contribution in [-0.2, 0) is 0 Å². The zero-order chi connectivity index (χ0) is 17.6. The SMILES string of the molecule is Cc1cc(N2CCCN(C(=O)N[C@H](C)C3CCCCC3)CC2)ccn1. The summed E-state index contributed by atoms with van der Waals surface area (Å²) in [6, 6.07) is 4.59. The molecular weight excluding hydrogens is 312 g/mol. The van der Waals surface area contributed by atoms with Gasteiger partial charge in [0.15, 0.2) is 0 Å². The van der Waals surface area contributed by atoms with Gasteiger partial charge in [0, 0.05) is 49.8 Å². The van der Waals surface area contributed by atoms with Gasteiger partial charge in [-0.25, -0.2) is 4.79 Å². The third-order valence-corrected chi connectivity index (χ3v) is 5.74. The lowest BCUT2D eigenvalue weighted by molar-refractivity contribution is 0.188. The molecule has 1 aliphatic carbocycles. The monoisotopic (exact) mass is 344 g/mol. The molecule has 1 aromatic rings. The molecule has 1 aliphatic heterocycles. The van der Waals surface area contributed by atoms with Crippen LogP contribution in [0.5, 0.6) is 0 Å². The molecule has 25 heavy (non-hydrogen) atoms. The summed E-state index contributed by atoms with van der Waals surface area (Å²) in [6.07, 6.45) is 9.38. The summed E-state index contributed by atoms with van der Waals surface area (Å²) in [5, 5.41) is 3.27. The largest absolute Gasteiger partial charge is 0.370 e. The summed E-state index contributed by atoms with van der Waals surface area (Å²) in [5.74, 6) is 0.654. The summed E-state index contributed by atoms with van der Waals surface area (Å²) in [4.78, 5) is 21.3. The van der Waals surface area contributed by atoms with Gasteiger partial charge in [0.25, 0.3) is 0 Å². The molecule has 5 heteroatoms. The van der Waals surface area contributed by atoms with E-state index in [0.29, 0.717) is 5.92 Å². The number of carbonyl (C=O) groups excluding carboxylic acids is 1. The van der Waals surface area contributed by atoms with Gasteiger partial charge < -0.3 is 15.1 Å². The fourth-order valence-electron chi connectivity index (χ4n) is 4.14. The zero-order valence-corrected chi connectivity index (χ0v) is 15.7. The Balaban J connectivity index is 1.52. The van der Waals surface area contributed by atoms with Crippen molar-refractivity contribution in [1.29, 1.82) is 0 Å².